The number of nitrogens with zero attached hydrogens (tertiary/aromatic N) is 3. The fourth-order valence-electron chi connectivity index (χ4n) is 3.01. The summed E-state index contributed by atoms with van der Waals surface area (Å²) < 4.78 is 14.9. The lowest BCUT2D eigenvalue weighted by molar-refractivity contribution is -0.145. The molecule has 8 heteroatoms. The summed E-state index contributed by atoms with van der Waals surface area (Å²) in [7, 11) is 0. The van der Waals surface area contributed by atoms with Crippen LogP contribution in [0.5, 0.6) is 0 Å². The number of aromatic nitrogens is 2. The zero-order valence-electron chi connectivity index (χ0n) is 14.0. The van der Waals surface area contributed by atoms with Crippen LogP contribution in [0.4, 0.5) is 4.39 Å². The Morgan fingerprint density at radius 1 is 1.23 bits per heavy atom. The quantitative estimate of drug-likeness (QED) is 0.890. The Bertz CT molecular complexity index is 896. The van der Waals surface area contributed by atoms with Crippen LogP contribution in [0, 0.1) is 11.7 Å². The summed E-state index contributed by atoms with van der Waals surface area (Å²) in [4.78, 5) is 37.0. The molecule has 0 saturated carbocycles. The maximum absolute atomic E-state index is 13.9. The van der Waals surface area contributed by atoms with E-state index in [1.165, 1.54) is 29.2 Å². The van der Waals surface area contributed by atoms with Gasteiger partial charge in [-0.05, 0) is 31.0 Å². The highest BCUT2D eigenvalue weighted by Gasteiger charge is 2.28. The Balaban J connectivity index is 1.80. The van der Waals surface area contributed by atoms with Gasteiger partial charge in [0.2, 0.25) is 5.91 Å². The van der Waals surface area contributed by atoms with Gasteiger partial charge in [-0.1, -0.05) is 12.1 Å². The first-order valence-electron chi connectivity index (χ1n) is 8.29. The highest BCUT2D eigenvalue weighted by atomic mass is 19.1. The van der Waals surface area contributed by atoms with Crippen molar-refractivity contribution in [1.82, 2.24) is 14.7 Å². The van der Waals surface area contributed by atoms with Crippen molar-refractivity contribution in [2.45, 2.75) is 19.4 Å². The van der Waals surface area contributed by atoms with E-state index in [2.05, 4.69) is 5.10 Å². The van der Waals surface area contributed by atoms with E-state index in [4.69, 9.17) is 5.11 Å². The molecule has 7 nitrogen and oxygen atoms in total. The van der Waals surface area contributed by atoms with E-state index in [-0.39, 0.29) is 30.3 Å². The number of aliphatic carboxylic acids is 1. The summed E-state index contributed by atoms with van der Waals surface area (Å²) in [6.07, 6.45) is 1.13. The van der Waals surface area contributed by atoms with E-state index in [1.807, 2.05) is 0 Å². The van der Waals surface area contributed by atoms with Gasteiger partial charge < -0.3 is 10.0 Å². The number of amides is 1. The summed E-state index contributed by atoms with van der Waals surface area (Å²) in [5.41, 5.74) is 0.000373. The molecule has 1 aromatic heterocycles. The SMILES string of the molecule is O=C(O)[C@H]1CCCN(C(=O)Cn2nc(-c3ccccc3F)ccc2=O)C1. The predicted octanol–water partition coefficient (Wildman–Crippen LogP) is 1.37. The van der Waals surface area contributed by atoms with Crippen LogP contribution < -0.4 is 5.56 Å². The second kappa shape index (κ2) is 7.47. The highest BCUT2D eigenvalue weighted by molar-refractivity contribution is 5.77. The van der Waals surface area contributed by atoms with Crippen LogP contribution in [-0.2, 0) is 16.1 Å². The largest absolute Gasteiger partial charge is 0.481 e. The van der Waals surface area contributed by atoms with E-state index in [0.29, 0.717) is 19.4 Å². The molecule has 136 valence electrons. The van der Waals surface area contributed by atoms with E-state index in [1.54, 1.807) is 12.1 Å². The molecule has 0 radical (unpaired) electrons. The van der Waals surface area contributed by atoms with Crippen LogP contribution >= 0.6 is 0 Å². The summed E-state index contributed by atoms with van der Waals surface area (Å²) in [5, 5.41) is 13.2. The standard InChI is InChI=1S/C18H18FN3O4/c19-14-6-2-1-5-13(14)15-7-8-16(23)22(20-15)11-17(24)21-9-3-4-12(10-21)18(25)26/h1-2,5-8,12H,3-4,9-11H2,(H,25,26)/t12-/m0/s1. The third-order valence-electron chi connectivity index (χ3n) is 4.42. The van der Waals surface area contributed by atoms with Crippen LogP contribution in [0.2, 0.25) is 0 Å². The van der Waals surface area contributed by atoms with Crippen LogP contribution in [0.25, 0.3) is 11.3 Å². The van der Waals surface area contributed by atoms with Crippen molar-refractivity contribution >= 4 is 11.9 Å². The number of carboxylic acid groups (broad SMARTS) is 1. The number of carbonyl (C=O) groups is 2. The molecule has 1 saturated heterocycles. The van der Waals surface area contributed by atoms with Crippen LogP contribution in [0.15, 0.2) is 41.2 Å². The fraction of sp³-hybridized carbons (Fsp3) is 0.333. The Morgan fingerprint density at radius 2 is 2.00 bits per heavy atom. The van der Waals surface area contributed by atoms with E-state index in [0.717, 1.165) is 4.68 Å². The van der Waals surface area contributed by atoms with Crippen molar-refractivity contribution in [1.29, 1.82) is 0 Å². The zero-order chi connectivity index (χ0) is 18.7. The molecule has 1 fully saturated rings. The molecule has 1 aromatic carbocycles. The molecule has 1 N–H and O–H groups in total. The van der Waals surface area contributed by atoms with Crippen LogP contribution in [0.3, 0.4) is 0 Å². The number of carboxylic acids is 1. The average Bonchev–Trinajstić information content (AvgIpc) is 2.64. The molecule has 1 aliphatic heterocycles. The van der Waals surface area contributed by atoms with Gasteiger partial charge in [-0.2, -0.15) is 5.10 Å². The first-order chi connectivity index (χ1) is 12.5. The number of rotatable bonds is 4. The normalized spacial score (nSPS) is 17.1. The Hall–Kier alpha value is -3.03. The van der Waals surface area contributed by atoms with E-state index < -0.39 is 23.3 Å². The van der Waals surface area contributed by atoms with Crippen LogP contribution in [0.1, 0.15) is 12.8 Å². The number of hydrogen-bond acceptors (Lipinski definition) is 4. The lowest BCUT2D eigenvalue weighted by Crippen LogP contribution is -2.44. The van der Waals surface area contributed by atoms with Gasteiger partial charge in [0.1, 0.15) is 12.4 Å². The van der Waals surface area contributed by atoms with Gasteiger partial charge in [0.15, 0.2) is 0 Å². The van der Waals surface area contributed by atoms with Gasteiger partial charge in [0.25, 0.3) is 5.56 Å². The molecule has 2 heterocycles. The summed E-state index contributed by atoms with van der Waals surface area (Å²) in [5.74, 6) is -2.38. The number of likely N-dealkylation sites (tertiary alicyclic amines) is 1. The topological polar surface area (TPSA) is 92.5 Å². The molecule has 2 aromatic rings. The van der Waals surface area contributed by atoms with Crippen molar-refractivity contribution < 1.29 is 19.1 Å². The highest BCUT2D eigenvalue weighted by Crippen LogP contribution is 2.19. The Labute approximate surface area is 148 Å². The maximum atomic E-state index is 13.9. The average molecular weight is 359 g/mol. The molecule has 26 heavy (non-hydrogen) atoms. The lowest BCUT2D eigenvalue weighted by Gasteiger charge is -2.30. The lowest BCUT2D eigenvalue weighted by atomic mass is 9.98. The van der Waals surface area contributed by atoms with Gasteiger partial charge in [-0.15, -0.1) is 0 Å². The van der Waals surface area contributed by atoms with Gasteiger partial charge >= 0.3 is 5.97 Å². The smallest absolute Gasteiger partial charge is 0.308 e. The first kappa shape index (κ1) is 17.8. The molecule has 3 rings (SSSR count). The van der Waals surface area contributed by atoms with E-state index in [9.17, 15) is 18.8 Å². The Morgan fingerprint density at radius 3 is 2.73 bits per heavy atom. The number of carbonyl (C=O) groups excluding carboxylic acids is 1. The molecule has 0 bridgehead atoms. The molecular weight excluding hydrogens is 341 g/mol. The third kappa shape index (κ3) is 3.79. The molecule has 1 amide bonds. The summed E-state index contributed by atoms with van der Waals surface area (Å²) >= 11 is 0. The number of benzene rings is 1. The number of piperidine rings is 1. The number of halogens is 1. The van der Waals surface area contributed by atoms with Gasteiger partial charge in [-0.25, -0.2) is 9.07 Å². The fourth-order valence-corrected chi connectivity index (χ4v) is 3.01. The minimum atomic E-state index is -0.931. The molecule has 0 unspecified atom stereocenters. The monoisotopic (exact) mass is 359 g/mol. The van der Waals surface area contributed by atoms with Gasteiger partial charge in [0, 0.05) is 24.7 Å². The predicted molar refractivity (Wildman–Crippen MR) is 90.8 cm³/mol. The molecule has 1 atom stereocenters. The minimum absolute atomic E-state index is 0.121. The van der Waals surface area contributed by atoms with Crippen LogP contribution in [-0.4, -0.2) is 44.8 Å². The van der Waals surface area contributed by atoms with E-state index >= 15 is 0 Å². The molecular formula is C18H18FN3O4. The zero-order valence-corrected chi connectivity index (χ0v) is 14.0. The second-order valence-corrected chi connectivity index (χ2v) is 6.21. The summed E-state index contributed by atoms with van der Waals surface area (Å²) in [6, 6.07) is 8.67. The molecule has 1 aliphatic rings. The van der Waals surface area contributed by atoms with Gasteiger partial charge in [-0.3, -0.25) is 14.4 Å². The van der Waals surface area contributed by atoms with Crippen molar-refractivity contribution in [2.75, 3.05) is 13.1 Å². The molecule has 0 aliphatic carbocycles. The first-order valence-corrected chi connectivity index (χ1v) is 8.29. The van der Waals surface area contributed by atoms with Crippen molar-refractivity contribution in [3.8, 4) is 11.3 Å². The van der Waals surface area contributed by atoms with Crippen molar-refractivity contribution in [2.24, 2.45) is 5.92 Å². The second-order valence-electron chi connectivity index (χ2n) is 6.21. The van der Waals surface area contributed by atoms with Gasteiger partial charge in [0.05, 0.1) is 11.6 Å². The van der Waals surface area contributed by atoms with Crippen molar-refractivity contribution in [3.05, 3.63) is 52.6 Å². The minimum Gasteiger partial charge on any atom is -0.481 e. The Kier molecular flexibility index (Phi) is 5.11. The summed E-state index contributed by atoms with van der Waals surface area (Å²) in [6.45, 7) is 0.258. The van der Waals surface area contributed by atoms with Crippen molar-refractivity contribution in [3.63, 3.8) is 0 Å². The third-order valence-corrected chi connectivity index (χ3v) is 4.42. The molecule has 0 spiro atoms. The maximum Gasteiger partial charge on any atom is 0.308 e. The number of hydrogen-bond donors (Lipinski definition) is 1.